The van der Waals surface area contributed by atoms with Crippen LogP contribution >= 0.6 is 0 Å². The van der Waals surface area contributed by atoms with Crippen LogP contribution in [0.5, 0.6) is 0 Å². The van der Waals surface area contributed by atoms with Crippen molar-refractivity contribution in [3.05, 3.63) is 60.2 Å². The van der Waals surface area contributed by atoms with E-state index < -0.39 is 0 Å². The first kappa shape index (κ1) is 28.5. The number of rotatable bonds is 0. The number of halogens is 2. The van der Waals surface area contributed by atoms with Crippen LogP contribution in [0.1, 0.15) is 26.3 Å². The van der Waals surface area contributed by atoms with Crippen LogP contribution < -0.4 is 24.8 Å². The Morgan fingerprint density at radius 3 is 1.35 bits per heavy atom. The zero-order valence-corrected chi connectivity index (χ0v) is 19.3. The minimum Gasteiger partial charge on any atom is -1.00 e. The first-order chi connectivity index (χ1) is 8.02. The summed E-state index contributed by atoms with van der Waals surface area (Å²) in [5.41, 5.74) is 1.74. The summed E-state index contributed by atoms with van der Waals surface area (Å²) in [6.07, 6.45) is 0. The predicted octanol–water partition coefficient (Wildman–Crippen LogP) is -1.37. The summed E-state index contributed by atoms with van der Waals surface area (Å²) in [6, 6.07) is 18.5. The Hall–Kier alpha value is 0.367. The molecule has 0 nitrogen and oxygen atoms in total. The van der Waals surface area contributed by atoms with Gasteiger partial charge in [-0.1, -0.05) is 39.3 Å². The van der Waals surface area contributed by atoms with Crippen molar-refractivity contribution >= 4 is 9.52 Å². The number of hydrogen-bond acceptors (Lipinski definition) is 0. The molecule has 0 bridgehead atoms. The van der Waals surface area contributed by atoms with E-state index in [1.807, 2.05) is 30.3 Å². The van der Waals surface area contributed by atoms with Crippen molar-refractivity contribution in [2.45, 2.75) is 39.3 Å². The molecule has 2 aromatic carbocycles. The second kappa shape index (κ2) is 17.4. The minimum absolute atomic E-state index is 0. The average molecular weight is 495 g/mol. The van der Waals surface area contributed by atoms with Gasteiger partial charge in [0, 0.05) is 9.52 Å². The molecule has 20 heavy (non-hydrogen) atoms. The molecule has 0 unspecified atom stereocenters. The van der Waals surface area contributed by atoms with Crippen LogP contribution in [-0.2, 0) is 31.3 Å². The van der Waals surface area contributed by atoms with Crippen LogP contribution in [0, 0.1) is 0 Å². The molecule has 0 aliphatic rings. The molecular weight excluding hydrogens is 470 g/mol. The van der Waals surface area contributed by atoms with E-state index >= 15 is 0 Å². The summed E-state index contributed by atoms with van der Waals surface area (Å²) >= 11 is 0. The van der Waals surface area contributed by atoms with Gasteiger partial charge in [-0.3, -0.25) is 0 Å². The largest absolute Gasteiger partial charge is 4.00 e. The fourth-order valence-corrected chi connectivity index (χ4v) is 1.19. The normalized spacial score (nSPS) is 8.25. The van der Waals surface area contributed by atoms with E-state index in [0.29, 0.717) is 5.41 Å². The first-order valence-corrected chi connectivity index (χ1v) is 8.46. The van der Waals surface area contributed by atoms with Gasteiger partial charge in [0.1, 0.15) is 0 Å². The Labute approximate surface area is 158 Å². The monoisotopic (exact) mass is 495 g/mol. The molecule has 0 amide bonds. The molecule has 0 aliphatic carbocycles. The predicted molar refractivity (Wildman–Crippen MR) is 81.6 cm³/mol. The molecule has 2 aromatic rings. The molecule has 0 atom stereocenters. The summed E-state index contributed by atoms with van der Waals surface area (Å²) in [5, 5.41) is 0. The van der Waals surface area contributed by atoms with Gasteiger partial charge in [-0.25, -0.2) is 24.3 Å². The smallest absolute Gasteiger partial charge is 1.00 e. The van der Waals surface area contributed by atoms with Crippen molar-refractivity contribution in [3.8, 4) is 0 Å². The van der Waals surface area contributed by atoms with Gasteiger partial charge in [0.05, 0.1) is 0 Å². The van der Waals surface area contributed by atoms with E-state index in [2.05, 4.69) is 58.1 Å². The van der Waals surface area contributed by atoms with Crippen molar-refractivity contribution in [3.63, 3.8) is 0 Å². The molecular formula is C16H25Cl2HfSi. The summed E-state index contributed by atoms with van der Waals surface area (Å²) in [5.74, 6) is 0. The van der Waals surface area contributed by atoms with E-state index in [0.717, 1.165) is 9.52 Å². The van der Waals surface area contributed by atoms with Gasteiger partial charge in [0.25, 0.3) is 0 Å². The maximum Gasteiger partial charge on any atom is 4.00 e. The third-order valence-corrected chi connectivity index (χ3v) is 2.08. The molecule has 0 fully saturated rings. The average Bonchev–Trinajstić information content (AvgIpc) is 2.95. The van der Waals surface area contributed by atoms with Crippen molar-refractivity contribution < 1.29 is 50.7 Å². The summed E-state index contributed by atoms with van der Waals surface area (Å²) < 4.78 is 0. The molecule has 0 aromatic heterocycles. The van der Waals surface area contributed by atoms with E-state index in [-0.39, 0.29) is 50.7 Å². The molecule has 0 saturated carbocycles. The van der Waals surface area contributed by atoms with Crippen LogP contribution in [0.25, 0.3) is 0 Å². The third-order valence-electron chi connectivity index (χ3n) is 2.08. The van der Waals surface area contributed by atoms with E-state index in [1.165, 1.54) is 5.56 Å². The van der Waals surface area contributed by atoms with E-state index in [1.54, 1.807) is 0 Å². The molecule has 1 radical (unpaired) electrons. The van der Waals surface area contributed by atoms with Crippen molar-refractivity contribution in [2.24, 2.45) is 0 Å². The maximum absolute atomic E-state index is 2.22. The molecule has 0 N–H and O–H groups in total. The summed E-state index contributed by atoms with van der Waals surface area (Å²) in [7, 11) is 0.750. The second-order valence-electron chi connectivity index (χ2n) is 4.96. The van der Waals surface area contributed by atoms with Gasteiger partial charge in [-0.05, 0) is 0 Å². The molecule has 4 heteroatoms. The van der Waals surface area contributed by atoms with Crippen LogP contribution in [0.3, 0.4) is 0 Å². The standard InChI is InChI=1S/C9H13.C5H5.C2H7Si.2ClH.Hf/c1-9(2,3)8-6-4-5-7-8;1-2-4-5-3-1;1-3-2;;;/h4-7H,1-3H3;1-5H;3H,1-2H3;2*1H;/q2*-1;;;;+4/p-2. The summed E-state index contributed by atoms with van der Waals surface area (Å²) in [4.78, 5) is 0. The van der Waals surface area contributed by atoms with Gasteiger partial charge in [0.15, 0.2) is 0 Å². The minimum atomic E-state index is 0. The van der Waals surface area contributed by atoms with Gasteiger partial charge in [-0.15, -0.1) is 0 Å². The van der Waals surface area contributed by atoms with Crippen molar-refractivity contribution in [1.82, 2.24) is 0 Å². The topological polar surface area (TPSA) is 0 Å². The van der Waals surface area contributed by atoms with E-state index in [4.69, 9.17) is 0 Å². The SMILES string of the molecule is CC(C)(C)[c-]1cccc1.C[SiH]C.[Cl-].[Cl-].[Hf+4].c1cc[cH-]c1. The maximum atomic E-state index is 2.22. The number of hydrogen-bond donors (Lipinski definition) is 0. The molecule has 111 valence electrons. The zero-order chi connectivity index (χ0) is 13.1. The third kappa shape index (κ3) is 16.4. The molecule has 0 saturated heterocycles. The quantitative estimate of drug-likeness (QED) is 0.313. The second-order valence-corrected chi connectivity index (χ2v) is 6.12. The molecule has 0 aliphatic heterocycles. The Balaban J connectivity index is -0.000000102. The van der Waals surface area contributed by atoms with Gasteiger partial charge in [-0.2, -0.15) is 35.9 Å². The van der Waals surface area contributed by atoms with Crippen LogP contribution in [0.15, 0.2) is 54.6 Å². The Morgan fingerprint density at radius 1 is 0.850 bits per heavy atom. The van der Waals surface area contributed by atoms with Gasteiger partial charge in [0.2, 0.25) is 0 Å². The van der Waals surface area contributed by atoms with Gasteiger partial charge < -0.3 is 24.8 Å². The molecule has 0 heterocycles. The Bertz CT molecular complexity index is 320. The van der Waals surface area contributed by atoms with Crippen LogP contribution in [-0.4, -0.2) is 9.52 Å². The van der Waals surface area contributed by atoms with Crippen LogP contribution in [0.4, 0.5) is 0 Å². The van der Waals surface area contributed by atoms with Crippen LogP contribution in [0.2, 0.25) is 13.1 Å². The summed E-state index contributed by atoms with van der Waals surface area (Å²) in [6.45, 7) is 11.1. The van der Waals surface area contributed by atoms with Crippen molar-refractivity contribution in [2.75, 3.05) is 0 Å². The molecule has 2 rings (SSSR count). The fraction of sp³-hybridized carbons (Fsp3) is 0.375. The Morgan fingerprint density at radius 2 is 1.20 bits per heavy atom. The zero-order valence-electron chi connectivity index (χ0n) is 13.0. The molecule has 0 spiro atoms. The fourth-order valence-electron chi connectivity index (χ4n) is 1.19. The Kier molecular flexibility index (Phi) is 24.8. The van der Waals surface area contributed by atoms with Gasteiger partial charge >= 0.3 is 25.8 Å². The first-order valence-electron chi connectivity index (χ1n) is 6.15. The van der Waals surface area contributed by atoms with E-state index in [9.17, 15) is 0 Å². The van der Waals surface area contributed by atoms with Crippen molar-refractivity contribution in [1.29, 1.82) is 0 Å².